The molecule has 0 aromatic heterocycles. The third-order valence-electron chi connectivity index (χ3n) is 3.08. The van der Waals surface area contributed by atoms with Crippen LogP contribution in [0.5, 0.6) is 0 Å². The minimum absolute atomic E-state index is 0. The SMILES string of the molecule is Cl.O=C(COC1CCOCC1)N1CCNCC1. The summed E-state index contributed by atoms with van der Waals surface area (Å²) < 4.78 is 10.8. The van der Waals surface area contributed by atoms with Gasteiger partial charge in [-0.2, -0.15) is 0 Å². The molecule has 6 heteroatoms. The van der Waals surface area contributed by atoms with E-state index in [-0.39, 0.29) is 31.0 Å². The smallest absolute Gasteiger partial charge is 0.248 e. The quantitative estimate of drug-likeness (QED) is 0.782. The summed E-state index contributed by atoms with van der Waals surface area (Å²) in [5.41, 5.74) is 0. The lowest BCUT2D eigenvalue weighted by atomic mass is 10.1. The van der Waals surface area contributed by atoms with Crippen molar-refractivity contribution in [2.24, 2.45) is 0 Å². The van der Waals surface area contributed by atoms with E-state index < -0.39 is 0 Å². The van der Waals surface area contributed by atoms with Gasteiger partial charge in [0.1, 0.15) is 6.61 Å². The fraction of sp³-hybridized carbons (Fsp3) is 0.909. The summed E-state index contributed by atoms with van der Waals surface area (Å²) in [6.07, 6.45) is 2.03. The molecule has 0 saturated carbocycles. The molecule has 17 heavy (non-hydrogen) atoms. The van der Waals surface area contributed by atoms with Gasteiger partial charge in [0, 0.05) is 39.4 Å². The third kappa shape index (κ3) is 4.79. The molecule has 2 aliphatic rings. The highest BCUT2D eigenvalue weighted by Gasteiger charge is 2.19. The molecule has 0 aromatic carbocycles. The average molecular weight is 265 g/mol. The molecule has 100 valence electrons. The maximum atomic E-state index is 11.8. The number of carbonyl (C=O) groups is 1. The molecule has 2 fully saturated rings. The summed E-state index contributed by atoms with van der Waals surface area (Å²) in [6.45, 7) is 5.13. The molecule has 5 nitrogen and oxygen atoms in total. The molecule has 0 spiro atoms. The summed E-state index contributed by atoms with van der Waals surface area (Å²) in [5.74, 6) is 0.119. The van der Waals surface area contributed by atoms with E-state index in [0.717, 1.165) is 52.2 Å². The molecule has 2 rings (SSSR count). The number of nitrogens with zero attached hydrogens (tertiary/aromatic N) is 1. The van der Waals surface area contributed by atoms with Gasteiger partial charge in [0.05, 0.1) is 6.10 Å². The van der Waals surface area contributed by atoms with Crippen LogP contribution in [0.2, 0.25) is 0 Å². The highest BCUT2D eigenvalue weighted by atomic mass is 35.5. The lowest BCUT2D eigenvalue weighted by Gasteiger charge is -2.28. The zero-order valence-electron chi connectivity index (χ0n) is 10.0. The van der Waals surface area contributed by atoms with Crippen molar-refractivity contribution in [3.05, 3.63) is 0 Å². The van der Waals surface area contributed by atoms with Gasteiger partial charge in [-0.15, -0.1) is 12.4 Å². The van der Waals surface area contributed by atoms with Crippen molar-refractivity contribution in [2.45, 2.75) is 18.9 Å². The van der Waals surface area contributed by atoms with Crippen molar-refractivity contribution in [2.75, 3.05) is 46.0 Å². The largest absolute Gasteiger partial charge is 0.381 e. The molecule has 2 heterocycles. The van der Waals surface area contributed by atoms with Crippen LogP contribution in [0.4, 0.5) is 0 Å². The summed E-state index contributed by atoms with van der Waals surface area (Å²) >= 11 is 0. The minimum atomic E-state index is 0. The normalized spacial score (nSPS) is 22.0. The van der Waals surface area contributed by atoms with E-state index in [1.807, 2.05) is 4.90 Å². The number of halogens is 1. The topological polar surface area (TPSA) is 50.8 Å². The number of piperazine rings is 1. The van der Waals surface area contributed by atoms with Crippen molar-refractivity contribution in [1.82, 2.24) is 10.2 Å². The van der Waals surface area contributed by atoms with Gasteiger partial charge in [-0.3, -0.25) is 4.79 Å². The lowest BCUT2D eigenvalue weighted by Crippen LogP contribution is -2.48. The fourth-order valence-corrected chi connectivity index (χ4v) is 2.04. The van der Waals surface area contributed by atoms with Gasteiger partial charge in [-0.1, -0.05) is 0 Å². The van der Waals surface area contributed by atoms with Gasteiger partial charge >= 0.3 is 0 Å². The maximum absolute atomic E-state index is 11.8. The van der Waals surface area contributed by atoms with Gasteiger partial charge in [0.15, 0.2) is 0 Å². The Morgan fingerprint density at radius 2 is 1.94 bits per heavy atom. The van der Waals surface area contributed by atoms with Crippen molar-refractivity contribution in [3.63, 3.8) is 0 Å². The van der Waals surface area contributed by atoms with Gasteiger partial charge in [-0.25, -0.2) is 0 Å². The van der Waals surface area contributed by atoms with Crippen LogP contribution in [0.15, 0.2) is 0 Å². The zero-order chi connectivity index (χ0) is 11.2. The Hall–Kier alpha value is -0.360. The second-order valence-corrected chi connectivity index (χ2v) is 4.25. The van der Waals surface area contributed by atoms with Crippen LogP contribution in [0, 0.1) is 0 Å². The number of amides is 1. The second kappa shape index (κ2) is 7.87. The predicted molar refractivity (Wildman–Crippen MR) is 66.5 cm³/mol. The second-order valence-electron chi connectivity index (χ2n) is 4.25. The molecule has 0 bridgehead atoms. The van der Waals surface area contributed by atoms with Crippen molar-refractivity contribution in [3.8, 4) is 0 Å². The van der Waals surface area contributed by atoms with Crippen LogP contribution < -0.4 is 5.32 Å². The summed E-state index contributed by atoms with van der Waals surface area (Å²) in [4.78, 5) is 13.7. The molecule has 1 N–H and O–H groups in total. The van der Waals surface area contributed by atoms with E-state index in [0.29, 0.717) is 0 Å². The molecule has 2 saturated heterocycles. The van der Waals surface area contributed by atoms with Crippen molar-refractivity contribution in [1.29, 1.82) is 0 Å². The van der Waals surface area contributed by atoms with Crippen LogP contribution in [0.25, 0.3) is 0 Å². The highest BCUT2D eigenvalue weighted by molar-refractivity contribution is 5.85. The van der Waals surface area contributed by atoms with Gasteiger partial charge < -0.3 is 19.7 Å². The summed E-state index contributed by atoms with van der Waals surface area (Å²) in [5, 5.41) is 3.22. The first-order valence-corrected chi connectivity index (χ1v) is 6.04. The van der Waals surface area contributed by atoms with Crippen LogP contribution in [-0.4, -0.2) is 62.9 Å². The predicted octanol–water partition coefficient (Wildman–Crippen LogP) is 0.0356. The molecule has 2 aliphatic heterocycles. The number of carbonyl (C=O) groups excluding carboxylic acids is 1. The molecule has 0 aliphatic carbocycles. The van der Waals surface area contributed by atoms with E-state index in [1.165, 1.54) is 0 Å². The van der Waals surface area contributed by atoms with Crippen LogP contribution in [0.3, 0.4) is 0 Å². The number of rotatable bonds is 3. The molecule has 0 unspecified atom stereocenters. The number of hydrogen-bond acceptors (Lipinski definition) is 4. The van der Waals surface area contributed by atoms with Gasteiger partial charge in [0.2, 0.25) is 5.91 Å². The standard InChI is InChI=1S/C11H20N2O3.ClH/c14-11(13-5-3-12-4-6-13)9-16-10-1-7-15-8-2-10;/h10,12H,1-9H2;1H. The summed E-state index contributed by atoms with van der Waals surface area (Å²) in [6, 6.07) is 0. The molecule has 0 radical (unpaired) electrons. The zero-order valence-corrected chi connectivity index (χ0v) is 10.8. The highest BCUT2D eigenvalue weighted by Crippen LogP contribution is 2.10. The first-order chi connectivity index (χ1) is 7.86. The fourth-order valence-electron chi connectivity index (χ4n) is 2.04. The van der Waals surface area contributed by atoms with Crippen molar-refractivity contribution < 1.29 is 14.3 Å². The van der Waals surface area contributed by atoms with E-state index in [1.54, 1.807) is 0 Å². The Balaban J connectivity index is 0.00000144. The van der Waals surface area contributed by atoms with E-state index in [9.17, 15) is 4.79 Å². The first-order valence-electron chi connectivity index (χ1n) is 6.04. The maximum Gasteiger partial charge on any atom is 0.248 e. The lowest BCUT2D eigenvalue weighted by molar-refractivity contribution is -0.140. The number of ether oxygens (including phenoxy) is 2. The number of hydrogen-bond donors (Lipinski definition) is 1. The number of nitrogens with one attached hydrogen (secondary N) is 1. The molecular formula is C11H21ClN2O3. The van der Waals surface area contributed by atoms with Crippen LogP contribution in [-0.2, 0) is 14.3 Å². The monoisotopic (exact) mass is 264 g/mol. The molecular weight excluding hydrogens is 244 g/mol. The first kappa shape index (κ1) is 14.7. The van der Waals surface area contributed by atoms with E-state index in [2.05, 4.69) is 5.32 Å². The molecule has 0 aromatic rings. The Morgan fingerprint density at radius 1 is 1.29 bits per heavy atom. The third-order valence-corrected chi connectivity index (χ3v) is 3.08. The van der Waals surface area contributed by atoms with Crippen LogP contribution >= 0.6 is 12.4 Å². The summed E-state index contributed by atoms with van der Waals surface area (Å²) in [7, 11) is 0. The van der Waals surface area contributed by atoms with Crippen molar-refractivity contribution >= 4 is 18.3 Å². The van der Waals surface area contributed by atoms with Crippen LogP contribution in [0.1, 0.15) is 12.8 Å². The van der Waals surface area contributed by atoms with Gasteiger partial charge in [0.25, 0.3) is 0 Å². The molecule has 0 atom stereocenters. The Morgan fingerprint density at radius 3 is 2.59 bits per heavy atom. The van der Waals surface area contributed by atoms with E-state index in [4.69, 9.17) is 9.47 Å². The van der Waals surface area contributed by atoms with Gasteiger partial charge in [-0.05, 0) is 12.8 Å². The average Bonchev–Trinajstić information content (AvgIpc) is 2.38. The van der Waals surface area contributed by atoms with E-state index >= 15 is 0 Å². The Kier molecular flexibility index (Phi) is 6.80. The minimum Gasteiger partial charge on any atom is -0.381 e. The molecule has 1 amide bonds. The Labute approximate surface area is 108 Å². The Bertz CT molecular complexity index is 229.